The Labute approximate surface area is 110 Å². The first-order chi connectivity index (χ1) is 7.66. The van der Waals surface area contributed by atoms with E-state index in [2.05, 4.69) is 26.2 Å². The standard InChI is InChI=1S/C10H6BrClN2OS/c11-7-4-6(5-13-9(7)12)14-10(15)8-2-1-3-16-8/h1-5H,(H,14,15). The summed E-state index contributed by atoms with van der Waals surface area (Å²) in [6.45, 7) is 0. The number of nitrogens with zero attached hydrogens (tertiary/aromatic N) is 1. The molecule has 0 aliphatic carbocycles. The third kappa shape index (κ3) is 2.61. The summed E-state index contributed by atoms with van der Waals surface area (Å²) >= 11 is 10.4. The van der Waals surface area contributed by atoms with Gasteiger partial charge in [0.25, 0.3) is 5.91 Å². The van der Waals surface area contributed by atoms with Gasteiger partial charge in [-0.3, -0.25) is 4.79 Å². The number of hydrogen-bond donors (Lipinski definition) is 1. The number of carbonyl (C=O) groups is 1. The first-order valence-electron chi connectivity index (χ1n) is 4.33. The van der Waals surface area contributed by atoms with Crippen LogP contribution in [0.25, 0.3) is 0 Å². The molecular weight excluding hydrogens is 312 g/mol. The number of aromatic nitrogens is 1. The van der Waals surface area contributed by atoms with Crippen LogP contribution < -0.4 is 5.32 Å². The molecule has 16 heavy (non-hydrogen) atoms. The predicted octanol–water partition coefficient (Wildman–Crippen LogP) is 3.81. The fourth-order valence-electron chi connectivity index (χ4n) is 1.09. The van der Waals surface area contributed by atoms with E-state index in [1.165, 1.54) is 17.5 Å². The van der Waals surface area contributed by atoms with Gasteiger partial charge in [0.05, 0.1) is 21.2 Å². The van der Waals surface area contributed by atoms with Crippen molar-refractivity contribution in [2.75, 3.05) is 5.32 Å². The van der Waals surface area contributed by atoms with Gasteiger partial charge in [0.1, 0.15) is 5.15 Å². The highest BCUT2D eigenvalue weighted by molar-refractivity contribution is 9.10. The van der Waals surface area contributed by atoms with E-state index in [4.69, 9.17) is 11.6 Å². The molecule has 2 heterocycles. The van der Waals surface area contributed by atoms with Crippen LogP contribution in [0.5, 0.6) is 0 Å². The Hall–Kier alpha value is -0.910. The average molecular weight is 318 g/mol. The maximum atomic E-state index is 11.7. The summed E-state index contributed by atoms with van der Waals surface area (Å²) in [4.78, 5) is 16.3. The topological polar surface area (TPSA) is 42.0 Å². The number of pyridine rings is 1. The van der Waals surface area contributed by atoms with Crippen LogP contribution in [0, 0.1) is 0 Å². The number of thiophene rings is 1. The van der Waals surface area contributed by atoms with Crippen LogP contribution in [0.4, 0.5) is 5.69 Å². The van der Waals surface area contributed by atoms with Crippen molar-refractivity contribution in [3.05, 3.63) is 44.3 Å². The van der Waals surface area contributed by atoms with Crippen molar-refractivity contribution >= 4 is 50.5 Å². The molecule has 1 amide bonds. The third-order valence-corrected chi connectivity index (χ3v) is 3.80. The number of hydrogen-bond acceptors (Lipinski definition) is 3. The number of nitrogens with one attached hydrogen (secondary N) is 1. The molecule has 0 radical (unpaired) electrons. The summed E-state index contributed by atoms with van der Waals surface area (Å²) in [5.41, 5.74) is 0.606. The Morgan fingerprint density at radius 2 is 2.38 bits per heavy atom. The van der Waals surface area contributed by atoms with Gasteiger partial charge in [0.2, 0.25) is 0 Å². The zero-order valence-corrected chi connectivity index (χ0v) is 11.1. The molecule has 6 heteroatoms. The van der Waals surface area contributed by atoms with Crippen LogP contribution >= 0.6 is 38.9 Å². The molecule has 3 nitrogen and oxygen atoms in total. The van der Waals surface area contributed by atoms with Gasteiger partial charge in [-0.25, -0.2) is 4.98 Å². The van der Waals surface area contributed by atoms with Crippen LogP contribution in [-0.2, 0) is 0 Å². The molecule has 0 fully saturated rings. The molecule has 0 saturated heterocycles. The zero-order chi connectivity index (χ0) is 11.5. The molecule has 0 aliphatic heterocycles. The minimum absolute atomic E-state index is 0.147. The van der Waals surface area contributed by atoms with Crippen LogP contribution in [0.3, 0.4) is 0 Å². The quantitative estimate of drug-likeness (QED) is 0.856. The van der Waals surface area contributed by atoms with E-state index in [0.717, 1.165) is 0 Å². The number of anilines is 1. The van der Waals surface area contributed by atoms with Gasteiger partial charge >= 0.3 is 0 Å². The smallest absolute Gasteiger partial charge is 0.265 e. The second kappa shape index (κ2) is 4.95. The maximum absolute atomic E-state index is 11.7. The molecule has 0 spiro atoms. The van der Waals surface area contributed by atoms with Crippen LogP contribution in [-0.4, -0.2) is 10.9 Å². The molecule has 2 aromatic heterocycles. The Balaban J connectivity index is 2.15. The summed E-state index contributed by atoms with van der Waals surface area (Å²) in [6.07, 6.45) is 1.51. The van der Waals surface area contributed by atoms with Gasteiger partial charge in [0.15, 0.2) is 0 Å². The highest BCUT2D eigenvalue weighted by Gasteiger charge is 2.08. The van der Waals surface area contributed by atoms with E-state index in [-0.39, 0.29) is 5.91 Å². The maximum Gasteiger partial charge on any atom is 0.265 e. The van der Waals surface area contributed by atoms with E-state index < -0.39 is 0 Å². The number of carbonyl (C=O) groups excluding carboxylic acids is 1. The SMILES string of the molecule is O=C(Nc1cnc(Cl)c(Br)c1)c1cccs1. The zero-order valence-electron chi connectivity index (χ0n) is 7.91. The molecule has 1 N–H and O–H groups in total. The van der Waals surface area contributed by atoms with E-state index >= 15 is 0 Å². The lowest BCUT2D eigenvalue weighted by atomic mass is 10.4. The minimum Gasteiger partial charge on any atom is -0.320 e. The molecule has 0 saturated carbocycles. The van der Waals surface area contributed by atoms with Crippen molar-refractivity contribution in [1.29, 1.82) is 0 Å². The van der Waals surface area contributed by atoms with E-state index in [9.17, 15) is 4.79 Å². The van der Waals surface area contributed by atoms with Crippen molar-refractivity contribution in [3.8, 4) is 0 Å². The third-order valence-electron chi connectivity index (χ3n) is 1.80. The summed E-state index contributed by atoms with van der Waals surface area (Å²) in [7, 11) is 0. The Bertz CT molecular complexity index is 516. The van der Waals surface area contributed by atoms with Gasteiger partial charge in [0, 0.05) is 0 Å². The normalized spacial score (nSPS) is 10.1. The molecule has 0 atom stereocenters. The first-order valence-corrected chi connectivity index (χ1v) is 6.38. The fraction of sp³-hybridized carbons (Fsp3) is 0. The van der Waals surface area contributed by atoms with Crippen molar-refractivity contribution in [2.45, 2.75) is 0 Å². The Morgan fingerprint density at radius 3 is 3.00 bits per heavy atom. The monoisotopic (exact) mass is 316 g/mol. The number of halogens is 2. The van der Waals surface area contributed by atoms with Crippen LogP contribution in [0.1, 0.15) is 9.67 Å². The van der Waals surface area contributed by atoms with Gasteiger partial charge in [-0.1, -0.05) is 17.7 Å². The highest BCUT2D eigenvalue weighted by Crippen LogP contribution is 2.23. The summed E-state index contributed by atoms with van der Waals surface area (Å²) < 4.78 is 0.651. The summed E-state index contributed by atoms with van der Waals surface area (Å²) in [5, 5.41) is 4.95. The van der Waals surface area contributed by atoms with E-state index in [1.807, 2.05) is 11.4 Å². The first kappa shape index (κ1) is 11.6. The van der Waals surface area contributed by atoms with E-state index in [1.54, 1.807) is 12.1 Å². The minimum atomic E-state index is -0.147. The second-order valence-electron chi connectivity index (χ2n) is 2.93. The van der Waals surface area contributed by atoms with E-state index in [0.29, 0.717) is 20.2 Å². The average Bonchev–Trinajstić information content (AvgIpc) is 2.77. The molecular formula is C10H6BrClN2OS. The molecule has 0 bridgehead atoms. The van der Waals surface area contributed by atoms with Crippen molar-refractivity contribution in [1.82, 2.24) is 4.98 Å². The molecule has 2 aromatic rings. The molecule has 2 rings (SSSR count). The lowest BCUT2D eigenvalue weighted by Crippen LogP contribution is -2.10. The molecule has 0 aliphatic rings. The summed E-state index contributed by atoms with van der Waals surface area (Å²) in [5.74, 6) is -0.147. The number of amides is 1. The predicted molar refractivity (Wildman–Crippen MR) is 69.2 cm³/mol. The Morgan fingerprint density at radius 1 is 1.56 bits per heavy atom. The Kier molecular flexibility index (Phi) is 3.58. The lowest BCUT2D eigenvalue weighted by Gasteiger charge is -2.04. The molecule has 0 aromatic carbocycles. The lowest BCUT2D eigenvalue weighted by molar-refractivity contribution is 0.103. The summed E-state index contributed by atoms with van der Waals surface area (Å²) in [6, 6.07) is 5.30. The van der Waals surface area contributed by atoms with Crippen molar-refractivity contribution in [3.63, 3.8) is 0 Å². The molecule has 0 unspecified atom stereocenters. The van der Waals surface area contributed by atoms with Gasteiger partial charge in [-0.05, 0) is 33.4 Å². The number of rotatable bonds is 2. The van der Waals surface area contributed by atoms with Crippen LogP contribution in [0.2, 0.25) is 5.15 Å². The second-order valence-corrected chi connectivity index (χ2v) is 5.09. The van der Waals surface area contributed by atoms with Gasteiger partial charge in [-0.15, -0.1) is 11.3 Å². The van der Waals surface area contributed by atoms with Crippen LogP contribution in [0.15, 0.2) is 34.2 Å². The molecule has 82 valence electrons. The fourth-order valence-corrected chi connectivity index (χ4v) is 2.16. The van der Waals surface area contributed by atoms with Crippen molar-refractivity contribution < 1.29 is 4.79 Å². The van der Waals surface area contributed by atoms with Crippen molar-refractivity contribution in [2.24, 2.45) is 0 Å². The van der Waals surface area contributed by atoms with Gasteiger partial charge < -0.3 is 5.32 Å². The van der Waals surface area contributed by atoms with Gasteiger partial charge in [-0.2, -0.15) is 0 Å². The largest absolute Gasteiger partial charge is 0.320 e. The highest BCUT2D eigenvalue weighted by atomic mass is 79.9.